The number of fused-ring (bicyclic) bond motifs is 10. The summed E-state index contributed by atoms with van der Waals surface area (Å²) in [5, 5.41) is 11.7. The van der Waals surface area contributed by atoms with Gasteiger partial charge in [-0.1, -0.05) is 159 Å². The van der Waals surface area contributed by atoms with Gasteiger partial charge >= 0.3 is 0 Å². The standard InChI is InChI=1S/C69H61NO/c70-43-45-16-21-48(22-17-45)47-19-13-44(14-20-47)15-23-50(52-25-31-60-59-11-5-6-12-65(59)69(66(60)41-52)35-7-2-8-36-69)37-46-18-28-61-62-32-26-53(42-68(62)71-67(61)38-46)51-24-29-57(63(39-51)49-9-3-1-4-10-49)56-30-27-54-40-64-55(54)33-34-58(56)64/h1,3-6,9-14,16-22,24-26,28-29,31-32,38-39,41-42,50,54-56,58,64H,2,7-8,15,23,27,30,33-37,40H2/t50?,54?,55?,56-,58?,64-/m0/s1. The van der Waals surface area contributed by atoms with Crippen molar-refractivity contribution in [2.24, 2.45) is 23.7 Å². The molecule has 9 aromatic rings. The highest BCUT2D eigenvalue weighted by molar-refractivity contribution is 6.06. The van der Waals surface area contributed by atoms with Crippen LogP contribution in [0.1, 0.15) is 121 Å². The molecule has 6 atom stereocenters. The van der Waals surface area contributed by atoms with Gasteiger partial charge in [0.2, 0.25) is 0 Å². The Balaban J connectivity index is 0.786. The van der Waals surface area contributed by atoms with Gasteiger partial charge in [-0.15, -0.1) is 0 Å². The van der Waals surface area contributed by atoms with Crippen molar-refractivity contribution >= 4 is 21.9 Å². The Labute approximate surface area is 419 Å². The number of aryl methyl sites for hydroxylation is 1. The lowest BCUT2D eigenvalue weighted by Crippen LogP contribution is -2.33. The van der Waals surface area contributed by atoms with Gasteiger partial charge < -0.3 is 4.42 Å². The fourth-order valence-electron chi connectivity index (χ4n) is 15.3. The molecule has 8 aromatic carbocycles. The third-order valence-electron chi connectivity index (χ3n) is 18.9. The van der Waals surface area contributed by atoms with E-state index in [1.54, 1.807) is 16.7 Å². The minimum Gasteiger partial charge on any atom is -0.456 e. The first kappa shape index (κ1) is 42.9. The van der Waals surface area contributed by atoms with E-state index in [-0.39, 0.29) is 5.41 Å². The van der Waals surface area contributed by atoms with Crippen molar-refractivity contribution in [1.29, 1.82) is 5.26 Å². The summed E-state index contributed by atoms with van der Waals surface area (Å²) in [4.78, 5) is 0. The molecule has 15 rings (SSSR count). The molecule has 2 nitrogen and oxygen atoms in total. The van der Waals surface area contributed by atoms with E-state index < -0.39 is 0 Å². The van der Waals surface area contributed by atoms with Crippen molar-refractivity contribution in [2.75, 3.05) is 0 Å². The molecule has 6 aliphatic rings. The van der Waals surface area contributed by atoms with Gasteiger partial charge in [0.15, 0.2) is 0 Å². The Bertz CT molecular complexity index is 3510. The molecular formula is C69H61NO. The average Bonchev–Trinajstić information content (AvgIpc) is 3.94. The monoisotopic (exact) mass is 919 g/mol. The van der Waals surface area contributed by atoms with Crippen molar-refractivity contribution in [2.45, 2.75) is 101 Å². The number of hydrogen-bond acceptors (Lipinski definition) is 2. The van der Waals surface area contributed by atoms with Gasteiger partial charge in [-0.25, -0.2) is 0 Å². The first-order valence-electron chi connectivity index (χ1n) is 27.1. The maximum absolute atomic E-state index is 9.33. The predicted molar refractivity (Wildman–Crippen MR) is 291 cm³/mol. The summed E-state index contributed by atoms with van der Waals surface area (Å²) >= 11 is 0. The number of hydrogen-bond donors (Lipinski definition) is 0. The van der Waals surface area contributed by atoms with Crippen LogP contribution >= 0.6 is 0 Å². The fourth-order valence-corrected chi connectivity index (χ4v) is 15.3. The van der Waals surface area contributed by atoms with Crippen LogP contribution in [0.4, 0.5) is 0 Å². The summed E-state index contributed by atoms with van der Waals surface area (Å²) in [5.74, 6) is 4.78. The van der Waals surface area contributed by atoms with Crippen molar-refractivity contribution in [1.82, 2.24) is 0 Å². The van der Waals surface area contributed by atoms with E-state index in [0.717, 1.165) is 59.7 Å². The molecule has 348 valence electrons. The molecule has 0 N–H and O–H groups in total. The van der Waals surface area contributed by atoms with Crippen molar-refractivity contribution in [3.8, 4) is 50.6 Å². The average molecular weight is 920 g/mol. The molecule has 1 heterocycles. The zero-order chi connectivity index (χ0) is 47.0. The second-order valence-corrected chi connectivity index (χ2v) is 22.4. The largest absolute Gasteiger partial charge is 0.456 e. The highest BCUT2D eigenvalue weighted by Crippen LogP contribution is 2.64. The zero-order valence-corrected chi connectivity index (χ0v) is 40.8. The van der Waals surface area contributed by atoms with Crippen molar-refractivity contribution in [3.05, 3.63) is 215 Å². The fraction of sp³-hybridized carbons (Fsp3) is 0.290. The van der Waals surface area contributed by atoms with Crippen LogP contribution in [0.15, 0.2) is 180 Å². The lowest BCUT2D eigenvalue weighted by atomic mass is 9.64. The molecule has 4 bridgehead atoms. The van der Waals surface area contributed by atoms with Gasteiger partial charge in [0, 0.05) is 16.2 Å². The third-order valence-corrected chi connectivity index (χ3v) is 18.9. The van der Waals surface area contributed by atoms with Crippen LogP contribution in [0.3, 0.4) is 0 Å². The maximum atomic E-state index is 9.33. The van der Waals surface area contributed by atoms with E-state index in [9.17, 15) is 5.26 Å². The SMILES string of the molecule is N#Cc1ccc(-c2ccc(CCC(Cc3ccc4c(c3)oc3cc(-c5ccc([C@@H]6CCC7C[C@H]8C7CCC86)c(-c6ccccc6)c5)ccc34)c3ccc4c(c3)C3(CCCCC3)c3ccccc3-4)cc2)cc1. The summed E-state index contributed by atoms with van der Waals surface area (Å²) in [6.45, 7) is 0. The number of rotatable bonds is 10. The smallest absolute Gasteiger partial charge is 0.136 e. The Morgan fingerprint density at radius 2 is 1.21 bits per heavy atom. The molecule has 1 spiro atoms. The second kappa shape index (κ2) is 17.4. The summed E-state index contributed by atoms with van der Waals surface area (Å²) in [7, 11) is 0. The number of nitrogens with zero attached hydrogens (tertiary/aromatic N) is 1. The van der Waals surface area contributed by atoms with E-state index in [0.29, 0.717) is 17.4 Å². The highest BCUT2D eigenvalue weighted by Gasteiger charge is 2.53. The van der Waals surface area contributed by atoms with Crippen LogP contribution in [-0.4, -0.2) is 0 Å². The Morgan fingerprint density at radius 3 is 2.04 bits per heavy atom. The predicted octanol–water partition coefficient (Wildman–Crippen LogP) is 18.2. The molecule has 0 aliphatic heterocycles. The summed E-state index contributed by atoms with van der Waals surface area (Å²) < 4.78 is 6.89. The van der Waals surface area contributed by atoms with Crippen LogP contribution < -0.4 is 0 Å². The maximum Gasteiger partial charge on any atom is 0.136 e. The van der Waals surface area contributed by atoms with E-state index in [1.807, 2.05) is 12.1 Å². The van der Waals surface area contributed by atoms with Crippen LogP contribution in [0.2, 0.25) is 0 Å². The molecule has 0 saturated heterocycles. The Morgan fingerprint density at radius 1 is 0.521 bits per heavy atom. The summed E-state index contributed by atoms with van der Waals surface area (Å²) in [6.07, 6.45) is 16.5. The highest BCUT2D eigenvalue weighted by atomic mass is 16.3. The topological polar surface area (TPSA) is 36.9 Å². The molecule has 2 heteroatoms. The van der Waals surface area contributed by atoms with Crippen LogP contribution in [0.5, 0.6) is 0 Å². The molecular weight excluding hydrogens is 859 g/mol. The normalized spacial score (nSPS) is 21.9. The quantitative estimate of drug-likeness (QED) is 0.137. The Hall–Kier alpha value is -6.95. The first-order chi connectivity index (χ1) is 35.1. The van der Waals surface area contributed by atoms with Gasteiger partial charge in [0.25, 0.3) is 0 Å². The lowest BCUT2D eigenvalue weighted by Gasteiger charge is -2.41. The number of nitriles is 1. The van der Waals surface area contributed by atoms with E-state index in [2.05, 4.69) is 170 Å². The van der Waals surface area contributed by atoms with Gasteiger partial charge in [-0.3, -0.25) is 0 Å². The number of furan rings is 1. The third kappa shape index (κ3) is 7.33. The first-order valence-corrected chi connectivity index (χ1v) is 27.1. The summed E-state index contributed by atoms with van der Waals surface area (Å²) in [5.41, 5.74) is 22.0. The van der Waals surface area contributed by atoms with E-state index in [4.69, 9.17) is 4.42 Å². The minimum atomic E-state index is 0.123. The molecule has 71 heavy (non-hydrogen) atoms. The van der Waals surface area contributed by atoms with Crippen LogP contribution in [0, 0.1) is 35.0 Å². The Kier molecular flexibility index (Phi) is 10.5. The molecule has 1 aromatic heterocycles. The lowest BCUT2D eigenvalue weighted by molar-refractivity contribution is 0.0874. The zero-order valence-electron chi connectivity index (χ0n) is 40.8. The molecule has 6 aliphatic carbocycles. The van der Waals surface area contributed by atoms with Crippen molar-refractivity contribution in [3.63, 3.8) is 0 Å². The van der Waals surface area contributed by atoms with Gasteiger partial charge in [-0.2, -0.15) is 5.26 Å². The van der Waals surface area contributed by atoms with E-state index >= 15 is 0 Å². The minimum absolute atomic E-state index is 0.123. The summed E-state index contributed by atoms with van der Waals surface area (Å²) in [6, 6.07) is 68.6. The molecule has 4 unspecified atom stereocenters. The molecule has 0 radical (unpaired) electrons. The number of benzene rings is 8. The molecule has 5 fully saturated rings. The van der Waals surface area contributed by atoms with Gasteiger partial charge in [0.1, 0.15) is 11.2 Å². The van der Waals surface area contributed by atoms with Crippen molar-refractivity contribution < 1.29 is 4.42 Å². The second-order valence-electron chi connectivity index (χ2n) is 22.4. The van der Waals surface area contributed by atoms with Gasteiger partial charge in [-0.05, 0) is 214 Å². The van der Waals surface area contributed by atoms with Gasteiger partial charge in [0.05, 0.1) is 11.6 Å². The molecule has 5 saturated carbocycles. The van der Waals surface area contributed by atoms with Crippen LogP contribution in [0.25, 0.3) is 66.4 Å². The molecule has 0 amide bonds. The van der Waals surface area contributed by atoms with Crippen LogP contribution in [-0.2, 0) is 18.3 Å². The van der Waals surface area contributed by atoms with E-state index in [1.165, 1.54) is 131 Å².